The second kappa shape index (κ2) is 5.80. The number of thiophene rings is 1. The van der Waals surface area contributed by atoms with Crippen molar-refractivity contribution >= 4 is 40.4 Å². The van der Waals surface area contributed by atoms with Gasteiger partial charge in [0, 0.05) is 15.5 Å². The van der Waals surface area contributed by atoms with Gasteiger partial charge in [0.25, 0.3) is 0 Å². The molecule has 0 saturated carbocycles. The van der Waals surface area contributed by atoms with Crippen molar-refractivity contribution in [2.75, 3.05) is 11.6 Å². The van der Waals surface area contributed by atoms with E-state index in [1.807, 2.05) is 6.07 Å². The van der Waals surface area contributed by atoms with Crippen molar-refractivity contribution in [2.45, 2.75) is 17.9 Å². The molecule has 0 radical (unpaired) electrons. The van der Waals surface area contributed by atoms with Crippen molar-refractivity contribution in [1.29, 1.82) is 0 Å². The minimum atomic E-state index is 0.279. The summed E-state index contributed by atoms with van der Waals surface area (Å²) in [4.78, 5) is 2.52. The number of hydrogen-bond acceptors (Lipinski definition) is 3. The number of anilines is 1. The smallest absolute Gasteiger partial charge is 0.0932 e. The van der Waals surface area contributed by atoms with E-state index in [9.17, 15) is 0 Å². The summed E-state index contributed by atoms with van der Waals surface area (Å²) in [5.41, 5.74) is 1.18. The first-order valence-corrected chi connectivity index (χ1v) is 7.77. The summed E-state index contributed by atoms with van der Waals surface area (Å²) in [5.74, 6) is 0. The molecule has 0 fully saturated rings. The third-order valence-electron chi connectivity index (χ3n) is 2.50. The Morgan fingerprint density at radius 2 is 2.00 bits per heavy atom. The zero-order valence-corrected chi connectivity index (χ0v) is 12.1. The maximum absolute atomic E-state index is 5.95. The van der Waals surface area contributed by atoms with Crippen LogP contribution in [0.25, 0.3) is 0 Å². The van der Waals surface area contributed by atoms with E-state index in [-0.39, 0.29) is 6.04 Å². The molecule has 0 aliphatic rings. The lowest BCUT2D eigenvalue weighted by molar-refractivity contribution is 0.902. The number of rotatable bonds is 4. The van der Waals surface area contributed by atoms with Crippen LogP contribution in [0, 0.1) is 0 Å². The molecule has 2 aromatic rings. The number of thioether (sulfide) groups is 1. The topological polar surface area (TPSA) is 12.0 Å². The fourth-order valence-corrected chi connectivity index (χ4v) is 3.25. The van der Waals surface area contributed by atoms with Gasteiger partial charge in [-0.2, -0.15) is 0 Å². The normalized spacial score (nSPS) is 12.4. The molecule has 0 bridgehead atoms. The molecule has 0 saturated heterocycles. The molecule has 0 amide bonds. The van der Waals surface area contributed by atoms with Crippen molar-refractivity contribution in [3.63, 3.8) is 0 Å². The quantitative estimate of drug-likeness (QED) is 0.765. The minimum Gasteiger partial charge on any atom is -0.377 e. The fraction of sp³-hybridized carbons (Fsp3) is 0.231. The largest absolute Gasteiger partial charge is 0.377 e. The Labute approximate surface area is 115 Å². The maximum atomic E-state index is 5.95. The summed E-state index contributed by atoms with van der Waals surface area (Å²) < 4.78 is 0.840. The van der Waals surface area contributed by atoms with Crippen LogP contribution in [0.3, 0.4) is 0 Å². The molecule has 0 spiro atoms. The average Bonchev–Trinajstić information content (AvgIpc) is 2.77. The predicted octanol–water partition coefficient (Wildman–Crippen LogP) is 5.30. The second-order valence-corrected chi connectivity index (χ2v) is 6.30. The fourth-order valence-electron chi connectivity index (χ4n) is 1.63. The predicted molar refractivity (Wildman–Crippen MR) is 79.6 cm³/mol. The van der Waals surface area contributed by atoms with Crippen LogP contribution in [-0.4, -0.2) is 6.26 Å². The minimum absolute atomic E-state index is 0.279. The van der Waals surface area contributed by atoms with Gasteiger partial charge in [-0.05, 0) is 37.4 Å². The first-order chi connectivity index (χ1) is 8.20. The lowest BCUT2D eigenvalue weighted by Crippen LogP contribution is -2.05. The van der Waals surface area contributed by atoms with Gasteiger partial charge in [0.15, 0.2) is 0 Å². The summed E-state index contributed by atoms with van der Waals surface area (Å²) in [6.45, 7) is 2.15. The molecule has 4 heteroatoms. The third-order valence-corrected chi connectivity index (χ3v) is 4.71. The molecule has 90 valence electrons. The molecule has 1 heterocycles. The van der Waals surface area contributed by atoms with Crippen LogP contribution in [0.1, 0.15) is 17.8 Å². The van der Waals surface area contributed by atoms with Crippen molar-refractivity contribution < 1.29 is 0 Å². The Morgan fingerprint density at radius 1 is 1.24 bits per heavy atom. The van der Waals surface area contributed by atoms with E-state index < -0.39 is 0 Å². The van der Waals surface area contributed by atoms with Crippen LogP contribution < -0.4 is 5.32 Å². The lowest BCUT2D eigenvalue weighted by Gasteiger charge is -2.16. The first-order valence-electron chi connectivity index (χ1n) is 5.35. The van der Waals surface area contributed by atoms with E-state index in [1.165, 1.54) is 15.5 Å². The Balaban J connectivity index is 2.15. The number of nitrogens with one attached hydrogen (secondary N) is 1. The second-order valence-electron chi connectivity index (χ2n) is 3.71. The molecule has 1 nitrogen and oxygen atoms in total. The molecule has 1 aromatic carbocycles. The summed E-state index contributed by atoms with van der Waals surface area (Å²) in [7, 11) is 0. The molecular weight excluding hydrogens is 270 g/mol. The summed E-state index contributed by atoms with van der Waals surface area (Å²) >= 11 is 9.33. The first kappa shape index (κ1) is 12.8. The van der Waals surface area contributed by atoms with Crippen LogP contribution >= 0.6 is 34.7 Å². The SMILES string of the molecule is CSc1ccccc1NC(C)c1ccc(Cl)s1. The maximum Gasteiger partial charge on any atom is 0.0932 e. The highest BCUT2D eigenvalue weighted by atomic mass is 35.5. The van der Waals surface area contributed by atoms with E-state index in [0.29, 0.717) is 0 Å². The van der Waals surface area contributed by atoms with E-state index in [4.69, 9.17) is 11.6 Å². The van der Waals surface area contributed by atoms with E-state index in [0.717, 1.165) is 4.34 Å². The number of halogens is 1. The van der Waals surface area contributed by atoms with E-state index in [1.54, 1.807) is 23.1 Å². The monoisotopic (exact) mass is 283 g/mol. The molecule has 0 aliphatic heterocycles. The van der Waals surface area contributed by atoms with E-state index in [2.05, 4.69) is 48.8 Å². The number of para-hydroxylation sites is 1. The zero-order valence-electron chi connectivity index (χ0n) is 9.74. The molecular formula is C13H14ClNS2. The van der Waals surface area contributed by atoms with Gasteiger partial charge in [0.1, 0.15) is 0 Å². The standard InChI is InChI=1S/C13H14ClNS2/c1-9(11-7-8-13(14)17-11)15-10-5-3-4-6-12(10)16-2/h3-9,15H,1-2H3. The van der Waals surface area contributed by atoms with Crippen LogP contribution in [0.2, 0.25) is 4.34 Å². The van der Waals surface area contributed by atoms with Gasteiger partial charge in [-0.15, -0.1) is 23.1 Å². The van der Waals surface area contributed by atoms with Crippen molar-refractivity contribution in [3.05, 3.63) is 45.6 Å². The number of benzene rings is 1. The molecule has 17 heavy (non-hydrogen) atoms. The molecule has 1 aromatic heterocycles. The van der Waals surface area contributed by atoms with Gasteiger partial charge in [-0.1, -0.05) is 23.7 Å². The molecule has 2 rings (SSSR count). The van der Waals surface area contributed by atoms with Crippen LogP contribution in [0.4, 0.5) is 5.69 Å². The van der Waals surface area contributed by atoms with Crippen molar-refractivity contribution in [3.8, 4) is 0 Å². The summed E-state index contributed by atoms with van der Waals surface area (Å²) in [5, 5.41) is 3.52. The molecule has 1 atom stereocenters. The van der Waals surface area contributed by atoms with Crippen LogP contribution in [0.15, 0.2) is 41.3 Å². The van der Waals surface area contributed by atoms with Crippen molar-refractivity contribution in [1.82, 2.24) is 0 Å². The highest BCUT2D eigenvalue weighted by molar-refractivity contribution is 7.98. The van der Waals surface area contributed by atoms with Crippen molar-refractivity contribution in [2.24, 2.45) is 0 Å². The average molecular weight is 284 g/mol. The lowest BCUT2D eigenvalue weighted by atomic mass is 10.2. The van der Waals surface area contributed by atoms with Gasteiger partial charge < -0.3 is 5.32 Å². The molecule has 0 aliphatic carbocycles. The Morgan fingerprint density at radius 3 is 2.65 bits per heavy atom. The van der Waals surface area contributed by atoms with Gasteiger partial charge in [0.05, 0.1) is 10.4 Å². The molecule has 1 unspecified atom stereocenters. The third kappa shape index (κ3) is 3.18. The Kier molecular flexibility index (Phi) is 4.37. The highest BCUT2D eigenvalue weighted by Gasteiger charge is 2.09. The van der Waals surface area contributed by atoms with E-state index >= 15 is 0 Å². The summed E-state index contributed by atoms with van der Waals surface area (Å²) in [6.07, 6.45) is 2.09. The van der Waals surface area contributed by atoms with Crippen LogP contribution in [0.5, 0.6) is 0 Å². The molecule has 1 N–H and O–H groups in total. The Hall–Kier alpha value is -0.640. The van der Waals surface area contributed by atoms with Gasteiger partial charge in [-0.3, -0.25) is 0 Å². The Bertz CT molecular complexity index is 496. The van der Waals surface area contributed by atoms with Gasteiger partial charge in [0.2, 0.25) is 0 Å². The zero-order chi connectivity index (χ0) is 12.3. The highest BCUT2D eigenvalue weighted by Crippen LogP contribution is 2.32. The number of hydrogen-bond donors (Lipinski definition) is 1. The van der Waals surface area contributed by atoms with Gasteiger partial charge >= 0.3 is 0 Å². The van der Waals surface area contributed by atoms with Gasteiger partial charge in [-0.25, -0.2) is 0 Å². The summed E-state index contributed by atoms with van der Waals surface area (Å²) in [6, 6.07) is 12.6. The van der Waals surface area contributed by atoms with Crippen LogP contribution in [-0.2, 0) is 0 Å².